The lowest BCUT2D eigenvalue weighted by Gasteiger charge is -2.48. The van der Waals surface area contributed by atoms with Gasteiger partial charge in [0.05, 0.1) is 11.7 Å². The van der Waals surface area contributed by atoms with Gasteiger partial charge in [0, 0.05) is 31.7 Å². The van der Waals surface area contributed by atoms with Gasteiger partial charge in [0.15, 0.2) is 11.4 Å². The lowest BCUT2D eigenvalue weighted by Crippen LogP contribution is -2.66. The summed E-state index contributed by atoms with van der Waals surface area (Å²) in [6.07, 6.45) is 1.52. The number of primary amides is 1. The smallest absolute Gasteiger partial charge is 0.246 e. The summed E-state index contributed by atoms with van der Waals surface area (Å²) in [7, 11) is 3.19. The largest absolute Gasteiger partial charge is 0.507 e. The summed E-state index contributed by atoms with van der Waals surface area (Å²) in [5.74, 6) is -7.85. The maximum Gasteiger partial charge on any atom is 0.246 e. The Balaban J connectivity index is 1.83. The van der Waals surface area contributed by atoms with Gasteiger partial charge in [-0.15, -0.1) is 0 Å². The Morgan fingerprint density at radius 2 is 1.85 bits per heavy atom. The van der Waals surface area contributed by atoms with E-state index in [-0.39, 0.29) is 42.1 Å². The molecule has 0 spiro atoms. The van der Waals surface area contributed by atoms with Crippen LogP contribution < -0.4 is 5.73 Å². The number of hydrogen-bond acceptors (Lipinski definition) is 8. The Hall–Kier alpha value is -3.50. The fourth-order valence-corrected chi connectivity index (χ4v) is 5.42. The van der Waals surface area contributed by atoms with E-state index >= 15 is 0 Å². The minimum Gasteiger partial charge on any atom is -0.507 e. The van der Waals surface area contributed by atoms with Crippen LogP contribution in [0.4, 0.5) is 0 Å². The number of phenols is 1. The molecule has 4 rings (SSSR count). The van der Waals surface area contributed by atoms with E-state index in [0.29, 0.717) is 11.1 Å². The van der Waals surface area contributed by atoms with E-state index < -0.39 is 52.7 Å². The summed E-state index contributed by atoms with van der Waals surface area (Å²) in [6.45, 7) is 0. The number of nitrogens with two attached hydrogens (primary N) is 1. The predicted octanol–water partition coefficient (Wildman–Crippen LogP) is -0.310. The van der Waals surface area contributed by atoms with Crippen molar-refractivity contribution in [2.24, 2.45) is 23.5 Å². The Kier molecular flexibility index (Phi) is 5.61. The third-order valence-corrected chi connectivity index (χ3v) is 7.15. The number of amides is 2. The Morgan fingerprint density at radius 3 is 2.47 bits per heavy atom. The number of fused-ring (bicyclic) bond motifs is 3. The molecule has 2 fully saturated rings. The van der Waals surface area contributed by atoms with Crippen LogP contribution >= 0.6 is 0 Å². The average molecular weight is 470 g/mol. The van der Waals surface area contributed by atoms with Crippen LogP contribution in [0.3, 0.4) is 0 Å². The van der Waals surface area contributed by atoms with Gasteiger partial charge in [-0.3, -0.25) is 19.2 Å². The van der Waals surface area contributed by atoms with Gasteiger partial charge in [-0.2, -0.15) is 0 Å². The van der Waals surface area contributed by atoms with Crippen LogP contribution in [-0.2, 0) is 25.6 Å². The van der Waals surface area contributed by atoms with Gasteiger partial charge in [0.2, 0.25) is 17.6 Å². The first-order chi connectivity index (χ1) is 15.9. The molecule has 0 heterocycles. The molecule has 0 aliphatic heterocycles. The summed E-state index contributed by atoms with van der Waals surface area (Å²) < 4.78 is 0. The van der Waals surface area contributed by atoms with Crippen molar-refractivity contribution in [1.82, 2.24) is 4.90 Å². The van der Waals surface area contributed by atoms with E-state index in [4.69, 9.17) is 5.73 Å². The molecule has 0 saturated heterocycles. The number of aliphatic hydroxyl groups excluding tert-OH is 2. The number of carbonyl (C=O) groups excluding carboxylic acids is 4. The molecule has 2 amide bonds. The summed E-state index contributed by atoms with van der Waals surface area (Å²) in [4.78, 5) is 51.5. The minimum atomic E-state index is -2.61. The number of likely N-dealkylation sites (N-methyl/N-ethyl adjacent to an activating group) is 1. The van der Waals surface area contributed by atoms with E-state index in [0.717, 1.165) is 0 Å². The lowest BCUT2D eigenvalue weighted by molar-refractivity contribution is -0.174. The maximum absolute atomic E-state index is 13.4. The number of hydrogen-bond donors (Lipinski definition) is 5. The molecule has 2 unspecified atom stereocenters. The van der Waals surface area contributed by atoms with Crippen LogP contribution in [0.2, 0.25) is 0 Å². The molecule has 2 saturated carbocycles. The van der Waals surface area contributed by atoms with Crippen molar-refractivity contribution in [3.8, 4) is 5.75 Å². The molecule has 1 aromatic carbocycles. The zero-order chi connectivity index (χ0) is 25.1. The summed E-state index contributed by atoms with van der Waals surface area (Å²) >= 11 is 0. The van der Waals surface area contributed by atoms with E-state index in [1.165, 1.54) is 17.0 Å². The van der Waals surface area contributed by atoms with Crippen LogP contribution in [0.15, 0.2) is 23.8 Å². The first kappa shape index (κ1) is 23.7. The van der Waals surface area contributed by atoms with Crippen LogP contribution in [0.5, 0.6) is 5.75 Å². The van der Waals surface area contributed by atoms with Crippen molar-refractivity contribution in [2.45, 2.75) is 31.0 Å². The highest BCUT2D eigenvalue weighted by Crippen LogP contribution is 2.51. The average Bonchev–Trinajstić information content (AvgIpc) is 2.75. The van der Waals surface area contributed by atoms with Gasteiger partial charge in [0.25, 0.3) is 0 Å². The monoisotopic (exact) mass is 470 g/mol. The van der Waals surface area contributed by atoms with Gasteiger partial charge in [-0.1, -0.05) is 6.07 Å². The fraction of sp³-hybridized carbons (Fsp3) is 0.417. The van der Waals surface area contributed by atoms with Crippen LogP contribution in [0.25, 0.3) is 11.8 Å². The van der Waals surface area contributed by atoms with E-state index in [2.05, 4.69) is 0 Å². The first-order valence-corrected chi connectivity index (χ1v) is 10.9. The zero-order valence-electron chi connectivity index (χ0n) is 18.7. The number of aromatic hydroxyl groups is 1. The second-order valence-electron chi connectivity index (χ2n) is 9.33. The van der Waals surface area contributed by atoms with Crippen LogP contribution in [-0.4, -0.2) is 74.5 Å². The zero-order valence-corrected chi connectivity index (χ0v) is 18.7. The molecule has 5 atom stereocenters. The van der Waals surface area contributed by atoms with Crippen molar-refractivity contribution in [3.63, 3.8) is 0 Å². The van der Waals surface area contributed by atoms with Crippen molar-refractivity contribution in [3.05, 3.63) is 40.5 Å². The predicted molar refractivity (Wildman–Crippen MR) is 119 cm³/mol. The molecule has 6 N–H and O–H groups in total. The molecular weight excluding hydrogens is 444 g/mol. The first-order valence-electron chi connectivity index (χ1n) is 10.9. The molecule has 10 nitrogen and oxygen atoms in total. The van der Waals surface area contributed by atoms with Crippen molar-refractivity contribution in [1.29, 1.82) is 0 Å². The molecular formula is C24H26N2O8. The number of carbonyl (C=O) groups is 4. The Morgan fingerprint density at radius 1 is 1.18 bits per heavy atom. The van der Waals surface area contributed by atoms with Crippen LogP contribution in [0, 0.1) is 17.8 Å². The van der Waals surface area contributed by atoms with E-state index in [9.17, 15) is 39.6 Å². The number of Topliss-reactive ketones (excluding diaryl/α,β-unsaturated/α-hetero) is 2. The molecule has 0 bridgehead atoms. The number of rotatable bonds is 3. The third-order valence-electron chi connectivity index (χ3n) is 7.15. The van der Waals surface area contributed by atoms with E-state index in [1.54, 1.807) is 26.2 Å². The number of aliphatic hydroxyl groups is 3. The van der Waals surface area contributed by atoms with Gasteiger partial charge in [-0.25, -0.2) is 0 Å². The number of nitrogens with zero attached hydrogens (tertiary/aromatic N) is 1. The quantitative estimate of drug-likeness (QED) is 0.295. The molecule has 34 heavy (non-hydrogen) atoms. The van der Waals surface area contributed by atoms with Gasteiger partial charge < -0.3 is 31.1 Å². The fourth-order valence-electron chi connectivity index (χ4n) is 5.42. The van der Waals surface area contributed by atoms with Crippen LogP contribution in [0.1, 0.15) is 29.5 Å². The van der Waals surface area contributed by atoms with Gasteiger partial charge in [0.1, 0.15) is 17.4 Å². The van der Waals surface area contributed by atoms with Crippen molar-refractivity contribution >= 4 is 35.2 Å². The topological polar surface area (TPSA) is 178 Å². The molecule has 1 aromatic rings. The Labute approximate surface area is 195 Å². The maximum atomic E-state index is 13.4. The third kappa shape index (κ3) is 3.33. The number of ketones is 2. The van der Waals surface area contributed by atoms with Crippen molar-refractivity contribution < 1.29 is 39.6 Å². The molecule has 3 aliphatic rings. The lowest BCUT2D eigenvalue weighted by atomic mass is 9.56. The molecule has 3 aliphatic carbocycles. The SMILES string of the molecule is CN(C)C(=O)/C=C/c1ccc(O)c2c1C[C@H]1C[C@H]3CC(O)C(C(N)=O)C(=O)[C@@]3(O)C(=O)C1=C2O. The van der Waals surface area contributed by atoms with Gasteiger partial charge >= 0.3 is 0 Å². The van der Waals surface area contributed by atoms with Gasteiger partial charge in [-0.05, 0) is 48.4 Å². The summed E-state index contributed by atoms with van der Waals surface area (Å²) in [6, 6.07) is 2.89. The molecule has 0 aromatic heterocycles. The second kappa shape index (κ2) is 8.07. The highest BCUT2D eigenvalue weighted by atomic mass is 16.3. The summed E-state index contributed by atoms with van der Waals surface area (Å²) in [5, 5.41) is 43.0. The molecule has 0 radical (unpaired) electrons. The Bertz CT molecular complexity index is 1180. The molecule has 10 heteroatoms. The molecule has 180 valence electrons. The standard InChI is InChI=1S/C24H26N2O8/c1-26(2)16(29)6-4-10-3-5-14(27)18-13(10)8-11-7-12-9-15(28)19(23(25)33)22(32)24(12,34)21(31)17(11)20(18)30/h3-6,11-12,15,19,27-28,30,34H,7-9H2,1-2H3,(H2,25,33)/b6-4+/t11-,12+,15?,19?,24+/m1/s1. The minimum absolute atomic E-state index is 0.0177. The second-order valence-corrected chi connectivity index (χ2v) is 9.33. The normalized spacial score (nSPS) is 30.6. The van der Waals surface area contributed by atoms with Crippen molar-refractivity contribution in [2.75, 3.05) is 14.1 Å². The number of phenolic OH excluding ortho intramolecular Hbond substituents is 1. The highest BCUT2D eigenvalue weighted by Gasteiger charge is 2.63. The highest BCUT2D eigenvalue weighted by molar-refractivity contribution is 6.24. The van der Waals surface area contributed by atoms with E-state index in [1.807, 2.05) is 0 Å². The number of benzene rings is 1. The summed E-state index contributed by atoms with van der Waals surface area (Å²) in [5.41, 5.74) is 3.45.